The molecule has 1 aromatic carbocycles. The van der Waals surface area contributed by atoms with Gasteiger partial charge in [0.05, 0.1) is 36.5 Å². The smallest absolute Gasteiger partial charge is 0.271 e. The average molecular weight is 366 g/mol. The van der Waals surface area contributed by atoms with Crippen LogP contribution in [-0.2, 0) is 4.74 Å². The number of hydrogen-bond donors (Lipinski definition) is 1. The summed E-state index contributed by atoms with van der Waals surface area (Å²) in [6.45, 7) is 5.32. The van der Waals surface area contributed by atoms with Gasteiger partial charge in [0.2, 0.25) is 0 Å². The van der Waals surface area contributed by atoms with E-state index in [9.17, 15) is 4.79 Å². The summed E-state index contributed by atoms with van der Waals surface area (Å²) in [7, 11) is 0. The zero-order valence-corrected chi connectivity index (χ0v) is 15.2. The molecule has 0 bridgehead atoms. The summed E-state index contributed by atoms with van der Waals surface area (Å²) in [6.07, 6.45) is 1.51. The molecule has 1 aliphatic rings. The zero-order valence-electron chi connectivity index (χ0n) is 15.2. The maximum atomic E-state index is 12.6. The van der Waals surface area contributed by atoms with Crippen LogP contribution < -0.4 is 5.32 Å². The highest BCUT2D eigenvalue weighted by Gasteiger charge is 2.26. The van der Waals surface area contributed by atoms with Crippen LogP contribution in [0.15, 0.2) is 47.0 Å². The van der Waals surface area contributed by atoms with Gasteiger partial charge >= 0.3 is 0 Å². The van der Waals surface area contributed by atoms with E-state index in [0.29, 0.717) is 31.0 Å². The fourth-order valence-electron chi connectivity index (χ4n) is 3.28. The van der Waals surface area contributed by atoms with Gasteiger partial charge in [0.1, 0.15) is 17.2 Å². The first-order chi connectivity index (χ1) is 13.2. The molecule has 7 heteroatoms. The van der Waals surface area contributed by atoms with Crippen molar-refractivity contribution in [3.05, 3.63) is 59.8 Å². The van der Waals surface area contributed by atoms with Crippen molar-refractivity contribution in [3.8, 4) is 0 Å². The van der Waals surface area contributed by atoms with Gasteiger partial charge < -0.3 is 14.5 Å². The molecule has 1 fully saturated rings. The first-order valence-electron chi connectivity index (χ1n) is 9.09. The van der Waals surface area contributed by atoms with E-state index < -0.39 is 0 Å². The first kappa shape index (κ1) is 17.6. The van der Waals surface area contributed by atoms with Crippen LogP contribution in [0.4, 0.5) is 0 Å². The molecule has 4 rings (SSSR count). The third kappa shape index (κ3) is 3.99. The SMILES string of the molecule is Cc1ccc(C(CNC(=O)c2cnc3ccccc3n2)N2CCOCC2)o1. The maximum Gasteiger partial charge on any atom is 0.271 e. The van der Waals surface area contributed by atoms with E-state index in [-0.39, 0.29) is 11.9 Å². The fourth-order valence-corrected chi connectivity index (χ4v) is 3.28. The lowest BCUT2D eigenvalue weighted by Crippen LogP contribution is -2.43. The van der Waals surface area contributed by atoms with Gasteiger partial charge in [-0.3, -0.25) is 14.7 Å². The summed E-state index contributed by atoms with van der Waals surface area (Å²) >= 11 is 0. The van der Waals surface area contributed by atoms with Crippen molar-refractivity contribution in [2.45, 2.75) is 13.0 Å². The summed E-state index contributed by atoms with van der Waals surface area (Å²) in [6, 6.07) is 11.4. The Hall–Kier alpha value is -2.77. The average Bonchev–Trinajstić information content (AvgIpc) is 3.14. The topological polar surface area (TPSA) is 80.5 Å². The highest BCUT2D eigenvalue weighted by atomic mass is 16.5. The van der Waals surface area contributed by atoms with E-state index in [1.807, 2.05) is 43.3 Å². The van der Waals surface area contributed by atoms with Crippen molar-refractivity contribution in [1.82, 2.24) is 20.2 Å². The van der Waals surface area contributed by atoms with Crippen LogP contribution in [-0.4, -0.2) is 53.6 Å². The molecule has 27 heavy (non-hydrogen) atoms. The summed E-state index contributed by atoms with van der Waals surface area (Å²) in [5.74, 6) is 1.46. The van der Waals surface area contributed by atoms with Gasteiger partial charge in [0.25, 0.3) is 5.91 Å². The number of morpholine rings is 1. The van der Waals surface area contributed by atoms with E-state index in [2.05, 4.69) is 20.2 Å². The molecule has 1 amide bonds. The molecule has 1 unspecified atom stereocenters. The number of amides is 1. The number of aryl methyl sites for hydroxylation is 1. The van der Waals surface area contributed by atoms with Gasteiger partial charge in [-0.2, -0.15) is 0 Å². The number of carbonyl (C=O) groups is 1. The molecule has 140 valence electrons. The van der Waals surface area contributed by atoms with Gasteiger partial charge in [-0.1, -0.05) is 12.1 Å². The van der Waals surface area contributed by atoms with Crippen LogP contribution in [0.3, 0.4) is 0 Å². The van der Waals surface area contributed by atoms with Crippen LogP contribution in [0.1, 0.15) is 28.1 Å². The van der Waals surface area contributed by atoms with Crippen molar-refractivity contribution in [2.24, 2.45) is 0 Å². The van der Waals surface area contributed by atoms with Crippen LogP contribution >= 0.6 is 0 Å². The fraction of sp³-hybridized carbons (Fsp3) is 0.350. The van der Waals surface area contributed by atoms with Gasteiger partial charge in [0, 0.05) is 19.6 Å². The number of carbonyl (C=O) groups excluding carboxylic acids is 1. The number of benzene rings is 1. The highest BCUT2D eigenvalue weighted by Crippen LogP contribution is 2.23. The molecule has 1 aliphatic heterocycles. The Balaban J connectivity index is 1.49. The molecule has 1 atom stereocenters. The second kappa shape index (κ2) is 7.85. The summed E-state index contributed by atoms with van der Waals surface area (Å²) in [5, 5.41) is 2.98. The standard InChI is InChI=1S/C20H22N4O3/c1-14-6-7-19(27-14)18(24-8-10-26-11-9-24)13-22-20(25)17-12-21-15-4-2-3-5-16(15)23-17/h2-7,12,18H,8-11,13H2,1H3,(H,22,25). The second-order valence-corrected chi connectivity index (χ2v) is 6.57. The minimum atomic E-state index is -0.241. The largest absolute Gasteiger partial charge is 0.465 e. The van der Waals surface area contributed by atoms with Crippen LogP contribution in [0, 0.1) is 6.92 Å². The number of para-hydroxylation sites is 2. The predicted molar refractivity (Wildman–Crippen MR) is 100 cm³/mol. The number of aromatic nitrogens is 2. The molecule has 2 aromatic heterocycles. The third-order valence-corrected chi connectivity index (χ3v) is 4.71. The molecule has 0 radical (unpaired) electrons. The monoisotopic (exact) mass is 366 g/mol. The van der Waals surface area contributed by atoms with Crippen molar-refractivity contribution >= 4 is 16.9 Å². The van der Waals surface area contributed by atoms with Crippen LogP contribution in [0.25, 0.3) is 11.0 Å². The lowest BCUT2D eigenvalue weighted by molar-refractivity contribution is 0.0117. The molecule has 0 aliphatic carbocycles. The molecule has 1 saturated heterocycles. The Morgan fingerprint density at radius 2 is 1.96 bits per heavy atom. The lowest BCUT2D eigenvalue weighted by Gasteiger charge is -2.33. The molecule has 3 heterocycles. The predicted octanol–water partition coefficient (Wildman–Crippen LogP) is 2.33. The zero-order chi connectivity index (χ0) is 18.6. The van der Waals surface area contributed by atoms with Gasteiger partial charge in [-0.25, -0.2) is 4.98 Å². The van der Waals surface area contributed by atoms with Crippen molar-refractivity contribution in [2.75, 3.05) is 32.8 Å². The van der Waals surface area contributed by atoms with Crippen LogP contribution in [0.2, 0.25) is 0 Å². The summed E-state index contributed by atoms with van der Waals surface area (Å²) in [4.78, 5) is 23.6. The number of nitrogens with one attached hydrogen (secondary N) is 1. The highest BCUT2D eigenvalue weighted by molar-refractivity contribution is 5.93. The molecule has 0 spiro atoms. The van der Waals surface area contributed by atoms with Gasteiger partial charge in [-0.05, 0) is 31.2 Å². The molecule has 3 aromatic rings. The minimum Gasteiger partial charge on any atom is -0.465 e. The van der Waals surface area contributed by atoms with E-state index in [0.717, 1.165) is 30.1 Å². The first-order valence-corrected chi connectivity index (χ1v) is 9.09. The van der Waals surface area contributed by atoms with Crippen LogP contribution in [0.5, 0.6) is 0 Å². The Morgan fingerprint density at radius 3 is 2.70 bits per heavy atom. The Morgan fingerprint density at radius 1 is 1.19 bits per heavy atom. The van der Waals surface area contributed by atoms with Gasteiger partial charge in [0.15, 0.2) is 0 Å². The molecule has 1 N–H and O–H groups in total. The molecular weight excluding hydrogens is 344 g/mol. The van der Waals surface area contributed by atoms with Crippen molar-refractivity contribution < 1.29 is 13.9 Å². The Bertz CT molecular complexity index is 934. The Kier molecular flexibility index (Phi) is 5.13. The lowest BCUT2D eigenvalue weighted by atomic mass is 10.1. The number of furan rings is 1. The van der Waals surface area contributed by atoms with Crippen molar-refractivity contribution in [1.29, 1.82) is 0 Å². The number of ether oxygens (including phenoxy) is 1. The summed E-state index contributed by atoms with van der Waals surface area (Å²) < 4.78 is 11.3. The van der Waals surface area contributed by atoms with E-state index in [1.54, 1.807) is 0 Å². The normalized spacial score (nSPS) is 16.3. The quantitative estimate of drug-likeness (QED) is 0.746. The Labute approximate surface area is 157 Å². The van der Waals surface area contributed by atoms with E-state index in [4.69, 9.17) is 9.15 Å². The van der Waals surface area contributed by atoms with Gasteiger partial charge in [-0.15, -0.1) is 0 Å². The number of rotatable bonds is 5. The van der Waals surface area contributed by atoms with Crippen molar-refractivity contribution in [3.63, 3.8) is 0 Å². The number of hydrogen-bond acceptors (Lipinski definition) is 6. The minimum absolute atomic E-state index is 0.0417. The van der Waals surface area contributed by atoms with E-state index >= 15 is 0 Å². The number of fused-ring (bicyclic) bond motifs is 1. The number of nitrogens with zero attached hydrogens (tertiary/aromatic N) is 3. The maximum absolute atomic E-state index is 12.6. The van der Waals surface area contributed by atoms with E-state index in [1.165, 1.54) is 6.20 Å². The molecular formula is C20H22N4O3. The molecule has 0 saturated carbocycles. The second-order valence-electron chi connectivity index (χ2n) is 6.57. The molecule has 7 nitrogen and oxygen atoms in total. The summed E-state index contributed by atoms with van der Waals surface area (Å²) in [5.41, 5.74) is 1.79. The third-order valence-electron chi connectivity index (χ3n) is 4.71.